The van der Waals surface area contributed by atoms with Crippen molar-refractivity contribution in [3.05, 3.63) is 90.8 Å². The van der Waals surface area contributed by atoms with Gasteiger partial charge in [-0.05, 0) is 74.6 Å². The molecule has 0 atom stereocenters. The lowest BCUT2D eigenvalue weighted by molar-refractivity contribution is 0.410. The number of aromatic nitrogens is 5. The van der Waals surface area contributed by atoms with Crippen LogP contribution in [0.1, 0.15) is 31.2 Å². The fourth-order valence-electron chi connectivity index (χ4n) is 5.65. The number of nitrogens with zero attached hydrogens (tertiary/aromatic N) is 4. The number of hydrogen-bond acceptors (Lipinski definition) is 8. The fourth-order valence-corrected chi connectivity index (χ4v) is 5.65. The molecule has 0 amide bonds. The lowest BCUT2D eigenvalue weighted by Crippen LogP contribution is -2.33. The summed E-state index contributed by atoms with van der Waals surface area (Å²) in [6.45, 7) is 2.04. The Hall–Kier alpha value is -5.02. The van der Waals surface area contributed by atoms with E-state index in [4.69, 9.17) is 20.4 Å². The minimum absolute atomic E-state index is 0.292. The molecule has 210 valence electrons. The number of aromatic amines is 1. The van der Waals surface area contributed by atoms with Crippen molar-refractivity contribution in [3.8, 4) is 22.9 Å². The number of nitrogens with two attached hydrogens (primary N) is 1. The Morgan fingerprint density at radius 3 is 2.52 bits per heavy atom. The minimum Gasteiger partial charge on any atom is -0.437 e. The molecule has 6 aromatic rings. The Balaban J connectivity index is 1.20. The number of hydrogen-bond donors (Lipinski definition) is 4. The van der Waals surface area contributed by atoms with Crippen molar-refractivity contribution < 1.29 is 4.74 Å². The second-order valence-corrected chi connectivity index (χ2v) is 10.8. The molecule has 1 fully saturated rings. The highest BCUT2D eigenvalue weighted by Crippen LogP contribution is 2.40. The maximum Gasteiger partial charge on any atom is 0.228 e. The molecule has 0 radical (unpaired) electrons. The minimum atomic E-state index is 0.292. The average Bonchev–Trinajstić information content (AvgIpc) is 3.43. The number of para-hydroxylation sites is 2. The second-order valence-electron chi connectivity index (χ2n) is 10.8. The Kier molecular flexibility index (Phi) is 6.85. The first-order valence-corrected chi connectivity index (χ1v) is 14.3. The highest BCUT2D eigenvalue weighted by molar-refractivity contribution is 6.00. The molecule has 1 aliphatic carbocycles. The molecule has 3 aromatic heterocycles. The van der Waals surface area contributed by atoms with Crippen molar-refractivity contribution in [3.63, 3.8) is 0 Å². The highest BCUT2D eigenvalue weighted by atomic mass is 16.5. The number of ether oxygens (including phenoxy) is 1. The summed E-state index contributed by atoms with van der Waals surface area (Å²) in [6, 6.07) is 24.6. The van der Waals surface area contributed by atoms with Crippen LogP contribution in [0.4, 0.5) is 17.6 Å². The van der Waals surface area contributed by atoms with Crippen molar-refractivity contribution in [1.82, 2.24) is 24.9 Å². The van der Waals surface area contributed by atoms with E-state index in [0.717, 1.165) is 75.7 Å². The monoisotopic (exact) mass is 556 g/mol. The number of pyridine rings is 1. The summed E-state index contributed by atoms with van der Waals surface area (Å²) in [5.74, 6) is 2.51. The van der Waals surface area contributed by atoms with Crippen LogP contribution >= 0.6 is 0 Å². The molecule has 9 heteroatoms. The Morgan fingerprint density at radius 1 is 0.857 bits per heavy atom. The normalized spacial score (nSPS) is 16.9. The van der Waals surface area contributed by atoms with Gasteiger partial charge in [0.1, 0.15) is 5.75 Å². The lowest BCUT2D eigenvalue weighted by atomic mass is 9.92. The van der Waals surface area contributed by atoms with Crippen molar-refractivity contribution in [2.45, 2.75) is 44.7 Å². The van der Waals surface area contributed by atoms with Gasteiger partial charge in [0.2, 0.25) is 17.8 Å². The topological polar surface area (TPSA) is 127 Å². The number of aryl methyl sites for hydroxylation is 1. The van der Waals surface area contributed by atoms with Crippen LogP contribution in [-0.2, 0) is 0 Å². The summed E-state index contributed by atoms with van der Waals surface area (Å²) >= 11 is 0. The Bertz CT molecular complexity index is 1840. The van der Waals surface area contributed by atoms with Crippen LogP contribution in [0.25, 0.3) is 33.1 Å². The van der Waals surface area contributed by atoms with E-state index in [1.165, 1.54) is 0 Å². The van der Waals surface area contributed by atoms with E-state index in [1.807, 2.05) is 61.5 Å². The van der Waals surface area contributed by atoms with E-state index < -0.39 is 0 Å². The van der Waals surface area contributed by atoms with Crippen molar-refractivity contribution in [2.75, 3.05) is 10.6 Å². The summed E-state index contributed by atoms with van der Waals surface area (Å²) in [5, 5.41) is 8.95. The molecule has 1 saturated carbocycles. The van der Waals surface area contributed by atoms with E-state index in [-0.39, 0.29) is 0 Å². The van der Waals surface area contributed by atoms with Crippen molar-refractivity contribution in [2.24, 2.45) is 5.73 Å². The predicted molar refractivity (Wildman–Crippen MR) is 167 cm³/mol. The SMILES string of the molecule is Cc1cc(Nc2nc3ccccc3[nH]2)c2ccccc2c1Oc1ncccc1-c1ccnc(NC2CCC(N)CC2)n1. The molecule has 0 unspecified atom stereocenters. The quantitative estimate of drug-likeness (QED) is 0.164. The smallest absolute Gasteiger partial charge is 0.228 e. The molecule has 0 aliphatic heterocycles. The third-order valence-corrected chi connectivity index (χ3v) is 7.83. The van der Waals surface area contributed by atoms with Crippen LogP contribution in [-0.4, -0.2) is 37.0 Å². The van der Waals surface area contributed by atoms with Crippen molar-refractivity contribution >= 4 is 39.4 Å². The molecule has 0 spiro atoms. The Labute approximate surface area is 243 Å². The maximum atomic E-state index is 6.61. The van der Waals surface area contributed by atoms with Crippen LogP contribution < -0.4 is 21.1 Å². The third-order valence-electron chi connectivity index (χ3n) is 7.83. The summed E-state index contributed by atoms with van der Waals surface area (Å²) in [4.78, 5) is 22.0. The number of H-pyrrole nitrogens is 1. The van der Waals surface area contributed by atoms with Crippen LogP contribution in [0.5, 0.6) is 11.6 Å². The molecule has 1 aliphatic rings. The molecule has 5 N–H and O–H groups in total. The van der Waals surface area contributed by atoms with Gasteiger partial charge in [0.15, 0.2) is 0 Å². The zero-order valence-electron chi connectivity index (χ0n) is 23.3. The van der Waals surface area contributed by atoms with Gasteiger partial charge in [0.05, 0.1) is 22.3 Å². The maximum absolute atomic E-state index is 6.61. The van der Waals surface area contributed by atoms with Gasteiger partial charge in [-0.1, -0.05) is 36.4 Å². The van der Waals surface area contributed by atoms with Crippen LogP contribution in [0, 0.1) is 6.92 Å². The molecule has 9 nitrogen and oxygen atoms in total. The van der Waals surface area contributed by atoms with Gasteiger partial charge in [0, 0.05) is 40.9 Å². The zero-order chi connectivity index (χ0) is 28.5. The molecule has 42 heavy (non-hydrogen) atoms. The number of benzene rings is 3. The third kappa shape index (κ3) is 5.22. The van der Waals surface area contributed by atoms with Gasteiger partial charge >= 0.3 is 0 Å². The van der Waals surface area contributed by atoms with Gasteiger partial charge < -0.3 is 26.1 Å². The lowest BCUT2D eigenvalue weighted by Gasteiger charge is -2.26. The van der Waals surface area contributed by atoms with Gasteiger partial charge in [-0.2, -0.15) is 0 Å². The molecule has 7 rings (SSSR count). The van der Waals surface area contributed by atoms with E-state index in [1.54, 1.807) is 12.4 Å². The summed E-state index contributed by atoms with van der Waals surface area (Å²) in [6.07, 6.45) is 7.57. The summed E-state index contributed by atoms with van der Waals surface area (Å²) in [5.41, 5.74) is 11.4. The second kappa shape index (κ2) is 11.1. The largest absolute Gasteiger partial charge is 0.437 e. The first-order valence-electron chi connectivity index (χ1n) is 14.3. The zero-order valence-corrected chi connectivity index (χ0v) is 23.3. The van der Waals surface area contributed by atoms with Gasteiger partial charge in [-0.25, -0.2) is 19.9 Å². The van der Waals surface area contributed by atoms with Gasteiger partial charge in [0.25, 0.3) is 0 Å². The standard InChI is InChI=1S/C33H32N8O/c1-20-19-29(41-33-39-27-10-4-5-11-28(27)40-33)23-7-2-3-8-24(23)30(20)42-31-25(9-6-17-35-31)26-16-18-36-32(38-26)37-22-14-12-21(34)13-15-22/h2-11,16-19,21-22H,12-15,34H2,1H3,(H,36,37,38)(H2,39,40,41). The molecule has 3 heterocycles. The van der Waals surface area contributed by atoms with Crippen LogP contribution in [0.15, 0.2) is 85.2 Å². The van der Waals surface area contributed by atoms with Gasteiger partial charge in [-0.15, -0.1) is 0 Å². The van der Waals surface area contributed by atoms with E-state index in [2.05, 4.69) is 43.8 Å². The van der Waals surface area contributed by atoms with Crippen LogP contribution in [0.3, 0.4) is 0 Å². The number of nitrogens with one attached hydrogen (secondary N) is 3. The van der Waals surface area contributed by atoms with E-state index >= 15 is 0 Å². The number of anilines is 3. The van der Waals surface area contributed by atoms with E-state index in [9.17, 15) is 0 Å². The van der Waals surface area contributed by atoms with Crippen LogP contribution in [0.2, 0.25) is 0 Å². The highest BCUT2D eigenvalue weighted by Gasteiger charge is 2.20. The molecule has 0 saturated heterocycles. The first-order chi connectivity index (χ1) is 20.6. The summed E-state index contributed by atoms with van der Waals surface area (Å²) < 4.78 is 6.61. The number of fused-ring (bicyclic) bond motifs is 2. The molecular formula is C33H32N8O. The number of rotatable bonds is 7. The Morgan fingerprint density at radius 2 is 1.67 bits per heavy atom. The molecular weight excluding hydrogens is 524 g/mol. The van der Waals surface area contributed by atoms with E-state index in [0.29, 0.717) is 29.9 Å². The summed E-state index contributed by atoms with van der Waals surface area (Å²) in [7, 11) is 0. The number of imidazole rings is 1. The van der Waals surface area contributed by atoms with Gasteiger partial charge in [-0.3, -0.25) is 0 Å². The molecule has 3 aromatic carbocycles. The van der Waals surface area contributed by atoms with Crippen molar-refractivity contribution in [1.29, 1.82) is 0 Å². The average molecular weight is 557 g/mol. The fraction of sp³-hybridized carbons (Fsp3) is 0.212. The predicted octanol–water partition coefficient (Wildman–Crippen LogP) is 7.09. The first kappa shape index (κ1) is 25.9. The molecule has 0 bridgehead atoms.